The second kappa shape index (κ2) is 4.13. The molecule has 7 nitrogen and oxygen atoms in total. The van der Waals surface area contributed by atoms with E-state index in [2.05, 4.69) is 35.3 Å². The van der Waals surface area contributed by atoms with Crippen LogP contribution in [-0.2, 0) is 0 Å². The Labute approximate surface area is 55.5 Å². The van der Waals surface area contributed by atoms with E-state index in [-0.39, 0.29) is 0 Å². The molecule has 0 saturated heterocycles. The average molecular weight is 140 g/mol. The standard InChI is InChI=1S/C2H2N2O.CH2N4/c1-3-2-5-4-1;1-2-4-5-3-1/h1-2H;1H,(H,2,3,4,5). The predicted octanol–water partition coefficient (Wildman–Crippen LogP) is -0.731. The van der Waals surface area contributed by atoms with Crippen LogP contribution in [0.1, 0.15) is 0 Å². The van der Waals surface area contributed by atoms with Crippen LogP contribution in [0.15, 0.2) is 23.6 Å². The van der Waals surface area contributed by atoms with Crippen molar-refractivity contribution in [1.29, 1.82) is 0 Å². The van der Waals surface area contributed by atoms with Crippen LogP contribution in [0.2, 0.25) is 0 Å². The monoisotopic (exact) mass is 140 g/mol. The summed E-state index contributed by atoms with van der Waals surface area (Å²) in [5.41, 5.74) is 0. The third-order valence-corrected chi connectivity index (χ3v) is 0.552. The molecule has 0 unspecified atom stereocenters. The quantitative estimate of drug-likeness (QED) is 0.518. The van der Waals surface area contributed by atoms with Gasteiger partial charge in [-0.05, 0) is 10.4 Å². The van der Waals surface area contributed by atoms with Crippen molar-refractivity contribution in [2.75, 3.05) is 0 Å². The van der Waals surface area contributed by atoms with E-state index in [1.807, 2.05) is 0 Å². The molecule has 2 rings (SSSR count). The summed E-state index contributed by atoms with van der Waals surface area (Å²) < 4.78 is 4.22. The molecule has 0 aliphatic rings. The molecule has 0 aromatic carbocycles. The Kier molecular flexibility index (Phi) is 2.61. The van der Waals surface area contributed by atoms with Gasteiger partial charge in [-0.25, -0.2) is 10.1 Å². The Morgan fingerprint density at radius 2 is 2.40 bits per heavy atom. The van der Waals surface area contributed by atoms with Gasteiger partial charge in [0.25, 0.3) is 0 Å². The summed E-state index contributed by atoms with van der Waals surface area (Å²) in [4.78, 5) is 3.44. The number of H-pyrrole nitrogens is 1. The van der Waals surface area contributed by atoms with Crippen molar-refractivity contribution < 1.29 is 4.52 Å². The van der Waals surface area contributed by atoms with Gasteiger partial charge in [-0.15, -0.1) is 5.10 Å². The van der Waals surface area contributed by atoms with Gasteiger partial charge in [-0.1, -0.05) is 5.16 Å². The number of nitrogens with one attached hydrogen (secondary N) is 1. The van der Waals surface area contributed by atoms with Crippen LogP contribution >= 0.6 is 0 Å². The molecule has 1 N–H and O–H groups in total. The van der Waals surface area contributed by atoms with Gasteiger partial charge in [0, 0.05) is 0 Å². The lowest BCUT2D eigenvalue weighted by molar-refractivity contribution is 0.416. The van der Waals surface area contributed by atoms with E-state index in [0.29, 0.717) is 0 Å². The number of aromatic amines is 1. The largest absolute Gasteiger partial charge is 0.343 e. The topological polar surface area (TPSA) is 93.4 Å². The van der Waals surface area contributed by atoms with Crippen molar-refractivity contribution in [3.8, 4) is 0 Å². The van der Waals surface area contributed by atoms with Crippen LogP contribution in [0, 0.1) is 0 Å². The Morgan fingerprint density at radius 3 is 2.60 bits per heavy atom. The second-order valence-corrected chi connectivity index (χ2v) is 1.14. The smallest absolute Gasteiger partial charge is 0.213 e. The zero-order valence-corrected chi connectivity index (χ0v) is 4.88. The normalized spacial score (nSPS) is 8.00. The zero-order valence-electron chi connectivity index (χ0n) is 4.88. The summed E-state index contributed by atoms with van der Waals surface area (Å²) in [6.45, 7) is 0. The van der Waals surface area contributed by atoms with E-state index in [4.69, 9.17) is 0 Å². The van der Waals surface area contributed by atoms with Crippen molar-refractivity contribution in [1.82, 2.24) is 30.8 Å². The van der Waals surface area contributed by atoms with Crippen LogP contribution in [0.25, 0.3) is 0 Å². The summed E-state index contributed by atoms with van der Waals surface area (Å²) in [5.74, 6) is 0. The Balaban J connectivity index is 0.0000001000. The molecule has 10 heavy (non-hydrogen) atoms. The van der Waals surface area contributed by atoms with Gasteiger partial charge < -0.3 is 4.52 Å². The molecule has 0 atom stereocenters. The van der Waals surface area contributed by atoms with Crippen LogP contribution < -0.4 is 0 Å². The Hall–Kier alpha value is -1.79. The van der Waals surface area contributed by atoms with Gasteiger partial charge in [0.2, 0.25) is 6.39 Å². The predicted molar refractivity (Wildman–Crippen MR) is 28.5 cm³/mol. The molecule has 0 amide bonds. The highest BCUT2D eigenvalue weighted by Crippen LogP contribution is 1.62. The van der Waals surface area contributed by atoms with E-state index in [1.165, 1.54) is 19.0 Å². The Morgan fingerprint density at radius 1 is 1.40 bits per heavy atom. The van der Waals surface area contributed by atoms with Gasteiger partial charge in [-0.3, -0.25) is 0 Å². The molecule has 52 valence electrons. The van der Waals surface area contributed by atoms with Crippen molar-refractivity contribution >= 4 is 0 Å². The maximum absolute atomic E-state index is 4.22. The third kappa shape index (κ3) is 2.50. The number of rotatable bonds is 0. The average Bonchev–Trinajstić information content (AvgIpc) is 2.67. The molecule has 7 heteroatoms. The fourth-order valence-corrected chi connectivity index (χ4v) is 0.265. The first-order valence-corrected chi connectivity index (χ1v) is 2.36. The maximum atomic E-state index is 4.22. The molecule has 0 bridgehead atoms. The molecule has 2 aromatic rings. The highest BCUT2D eigenvalue weighted by Gasteiger charge is 1.61. The molecule has 2 heterocycles. The number of hydrogen-bond donors (Lipinski definition) is 1. The van der Waals surface area contributed by atoms with Crippen molar-refractivity contribution in [2.45, 2.75) is 0 Å². The van der Waals surface area contributed by atoms with E-state index in [0.717, 1.165) is 0 Å². The number of hydrogen-bond acceptors (Lipinski definition) is 6. The first-order valence-electron chi connectivity index (χ1n) is 2.36. The minimum absolute atomic E-state index is 1.26. The highest BCUT2D eigenvalue weighted by molar-refractivity contribution is 4.35. The second-order valence-electron chi connectivity index (χ2n) is 1.14. The van der Waals surface area contributed by atoms with Crippen molar-refractivity contribution in [2.24, 2.45) is 0 Å². The summed E-state index contributed by atoms with van der Waals surface area (Å²) in [6.07, 6.45) is 4.00. The summed E-state index contributed by atoms with van der Waals surface area (Å²) in [5, 5.41) is 15.3. The van der Waals surface area contributed by atoms with Crippen LogP contribution in [0.4, 0.5) is 0 Å². The molecule has 0 saturated carbocycles. The van der Waals surface area contributed by atoms with Crippen LogP contribution in [0.3, 0.4) is 0 Å². The molecule has 0 aliphatic heterocycles. The molecular formula is C3H4N6O. The summed E-state index contributed by atoms with van der Waals surface area (Å²) in [6, 6.07) is 0. The molecule has 2 aromatic heterocycles. The highest BCUT2D eigenvalue weighted by atomic mass is 16.5. The van der Waals surface area contributed by atoms with Gasteiger partial charge in [0.15, 0.2) is 6.33 Å². The lowest BCUT2D eigenvalue weighted by Gasteiger charge is -1.45. The van der Waals surface area contributed by atoms with Crippen molar-refractivity contribution in [3.05, 3.63) is 19.0 Å². The molecule has 0 radical (unpaired) electrons. The minimum Gasteiger partial charge on any atom is -0.343 e. The maximum Gasteiger partial charge on any atom is 0.213 e. The molecule has 0 spiro atoms. The lowest BCUT2D eigenvalue weighted by Crippen LogP contribution is -1.64. The lowest BCUT2D eigenvalue weighted by atomic mass is 11.3. The third-order valence-electron chi connectivity index (χ3n) is 0.552. The first-order chi connectivity index (χ1) is 5.00. The number of tetrazole rings is 1. The zero-order chi connectivity index (χ0) is 7.07. The van der Waals surface area contributed by atoms with Gasteiger partial charge in [0.05, 0.1) is 0 Å². The fraction of sp³-hybridized carbons (Fsp3) is 0. The Bertz CT molecular complexity index is 152. The molecule has 0 aliphatic carbocycles. The molecular weight excluding hydrogens is 136 g/mol. The SMILES string of the molecule is c1ncon1.c1nnn[nH]1. The van der Waals surface area contributed by atoms with E-state index < -0.39 is 0 Å². The molecule has 0 fully saturated rings. The fourth-order valence-electron chi connectivity index (χ4n) is 0.265. The van der Waals surface area contributed by atoms with E-state index >= 15 is 0 Å². The van der Waals surface area contributed by atoms with Gasteiger partial charge in [-0.2, -0.15) is 0 Å². The van der Waals surface area contributed by atoms with E-state index in [9.17, 15) is 0 Å². The van der Waals surface area contributed by atoms with Gasteiger partial charge in [0.1, 0.15) is 6.33 Å². The van der Waals surface area contributed by atoms with Crippen LogP contribution in [-0.4, -0.2) is 30.8 Å². The first kappa shape index (κ1) is 6.33. The van der Waals surface area contributed by atoms with Gasteiger partial charge >= 0.3 is 0 Å². The van der Waals surface area contributed by atoms with Crippen molar-refractivity contribution in [3.63, 3.8) is 0 Å². The summed E-state index contributed by atoms with van der Waals surface area (Å²) >= 11 is 0. The van der Waals surface area contributed by atoms with Crippen LogP contribution in [0.5, 0.6) is 0 Å². The summed E-state index contributed by atoms with van der Waals surface area (Å²) in [7, 11) is 0. The minimum atomic E-state index is 1.26. The number of aromatic nitrogens is 6. The van der Waals surface area contributed by atoms with E-state index in [1.54, 1.807) is 0 Å². The number of nitrogens with zero attached hydrogens (tertiary/aromatic N) is 5.